The van der Waals surface area contributed by atoms with Crippen molar-refractivity contribution in [1.29, 1.82) is 0 Å². The number of aliphatic hydroxyl groups is 1. The number of hydrogen-bond donors (Lipinski definition) is 2. The fourth-order valence-corrected chi connectivity index (χ4v) is 3.31. The van der Waals surface area contributed by atoms with Gasteiger partial charge in [-0.2, -0.15) is 0 Å². The topological polar surface area (TPSA) is 120 Å². The van der Waals surface area contributed by atoms with Crippen molar-refractivity contribution in [3.8, 4) is 5.75 Å². The molecule has 2 aromatic rings. The highest BCUT2D eigenvalue weighted by Gasteiger charge is 2.56. The number of aliphatic hydroxyl groups excluding tert-OH is 1. The normalized spacial score (nSPS) is 28.1. The summed E-state index contributed by atoms with van der Waals surface area (Å²) in [5.74, 6) is 0.319. The molecule has 1 aliphatic rings. The molecule has 0 amide bonds. The van der Waals surface area contributed by atoms with Crippen molar-refractivity contribution in [3.63, 3.8) is 0 Å². The van der Waals surface area contributed by atoms with Crippen molar-refractivity contribution < 1.29 is 27.8 Å². The molecule has 0 spiro atoms. The van der Waals surface area contributed by atoms with Crippen LogP contribution in [0.25, 0.3) is 0 Å². The molecule has 11 heteroatoms. The van der Waals surface area contributed by atoms with Crippen LogP contribution in [0.4, 0.5) is 4.39 Å². The van der Waals surface area contributed by atoms with Crippen molar-refractivity contribution in [2.75, 3.05) is 6.61 Å². The Balaban J connectivity index is 1.68. The van der Waals surface area contributed by atoms with Gasteiger partial charge in [-0.25, -0.2) is 13.7 Å². The van der Waals surface area contributed by atoms with Gasteiger partial charge >= 0.3 is 13.9 Å². The minimum atomic E-state index is -2.58. The first kappa shape index (κ1) is 19.4. The zero-order valence-electron chi connectivity index (χ0n) is 14.1. The van der Waals surface area contributed by atoms with Crippen LogP contribution >= 0.6 is 8.25 Å². The van der Waals surface area contributed by atoms with E-state index in [-0.39, 0.29) is 0 Å². The van der Waals surface area contributed by atoms with E-state index in [0.29, 0.717) is 5.75 Å². The van der Waals surface area contributed by atoms with Gasteiger partial charge in [0.15, 0.2) is 17.6 Å². The second-order valence-electron chi connectivity index (χ2n) is 6.06. The number of para-hydroxylation sites is 1. The Bertz CT molecular complexity index is 930. The molecular weight excluding hydrogens is 382 g/mol. The average Bonchev–Trinajstić information content (AvgIpc) is 2.84. The van der Waals surface area contributed by atoms with Crippen LogP contribution in [0.5, 0.6) is 5.75 Å². The monoisotopic (exact) mass is 399 g/mol. The highest BCUT2D eigenvalue weighted by molar-refractivity contribution is 7.33. The smallest absolute Gasteiger partial charge is 0.387 e. The Kier molecular flexibility index (Phi) is 5.52. The molecule has 0 bridgehead atoms. The lowest BCUT2D eigenvalue weighted by Crippen LogP contribution is -2.43. The molecule has 1 saturated heterocycles. The molecule has 27 heavy (non-hydrogen) atoms. The van der Waals surface area contributed by atoms with Crippen LogP contribution in [0.2, 0.25) is 0 Å². The molecule has 9 nitrogen and oxygen atoms in total. The van der Waals surface area contributed by atoms with Gasteiger partial charge in [-0.05, 0) is 19.1 Å². The fraction of sp³-hybridized carbons (Fsp3) is 0.375. The van der Waals surface area contributed by atoms with Crippen molar-refractivity contribution in [2.45, 2.75) is 31.0 Å². The van der Waals surface area contributed by atoms with Crippen LogP contribution in [-0.4, -0.2) is 39.1 Å². The molecule has 2 heterocycles. The number of aromatic nitrogens is 2. The van der Waals surface area contributed by atoms with Gasteiger partial charge in [-0.3, -0.25) is 14.3 Å². The highest BCUT2D eigenvalue weighted by atomic mass is 31.1. The summed E-state index contributed by atoms with van der Waals surface area (Å²) in [7, 11) is -2.58. The summed E-state index contributed by atoms with van der Waals surface area (Å²) < 4.78 is 43.1. The first-order valence-electron chi connectivity index (χ1n) is 7.96. The van der Waals surface area contributed by atoms with Gasteiger partial charge in [0.2, 0.25) is 0 Å². The number of H-pyrrole nitrogens is 1. The van der Waals surface area contributed by atoms with Gasteiger partial charge in [0, 0.05) is 16.8 Å². The molecule has 1 aromatic heterocycles. The number of hydrogen-bond acceptors (Lipinski definition) is 7. The van der Waals surface area contributed by atoms with E-state index in [0.717, 1.165) is 23.8 Å². The highest BCUT2D eigenvalue weighted by Crippen LogP contribution is 2.41. The van der Waals surface area contributed by atoms with Crippen LogP contribution in [0.3, 0.4) is 0 Å². The van der Waals surface area contributed by atoms with E-state index < -0.39 is 50.2 Å². The van der Waals surface area contributed by atoms with E-state index in [9.17, 15) is 23.7 Å². The SMILES string of the molecule is CC1(F)C(O)C(CO[P+](=O)Oc2ccccc2)OC1n1ccc(=O)[nH]c1=O. The lowest BCUT2D eigenvalue weighted by atomic mass is 9.98. The largest absolute Gasteiger partial charge is 0.750 e. The van der Waals surface area contributed by atoms with Gasteiger partial charge in [0.05, 0.1) is 0 Å². The molecule has 0 radical (unpaired) electrons. The van der Waals surface area contributed by atoms with Gasteiger partial charge in [-0.15, -0.1) is 4.52 Å². The van der Waals surface area contributed by atoms with E-state index in [4.69, 9.17) is 13.8 Å². The predicted octanol–water partition coefficient (Wildman–Crippen LogP) is 1.28. The zero-order valence-corrected chi connectivity index (χ0v) is 15.0. The first-order valence-corrected chi connectivity index (χ1v) is 9.05. The van der Waals surface area contributed by atoms with Crippen molar-refractivity contribution in [3.05, 3.63) is 63.4 Å². The van der Waals surface area contributed by atoms with E-state index in [1.165, 1.54) is 0 Å². The maximum atomic E-state index is 15.0. The predicted molar refractivity (Wildman–Crippen MR) is 91.4 cm³/mol. The molecule has 3 rings (SSSR count). The third-order valence-electron chi connectivity index (χ3n) is 4.09. The standard InChI is InChI=1S/C16H16FN2O7P/c1-16(17)13(21)11(9-24-27(23)26-10-5-3-2-4-6-10)25-14(16)19-8-7-12(20)18-15(19)22/h2-8,11,13-14,21H,9H2,1H3/p+1. The zero-order chi connectivity index (χ0) is 19.6. The molecule has 1 fully saturated rings. The Morgan fingerprint density at radius 1 is 1.33 bits per heavy atom. The third-order valence-corrected chi connectivity index (χ3v) is 4.81. The molecule has 1 aliphatic heterocycles. The van der Waals surface area contributed by atoms with Gasteiger partial charge < -0.3 is 9.84 Å². The van der Waals surface area contributed by atoms with Crippen LogP contribution < -0.4 is 15.8 Å². The Labute approximate surface area is 153 Å². The van der Waals surface area contributed by atoms with Crippen LogP contribution in [-0.2, 0) is 13.8 Å². The Morgan fingerprint density at radius 2 is 2.04 bits per heavy atom. The van der Waals surface area contributed by atoms with Crippen LogP contribution in [0.1, 0.15) is 13.2 Å². The van der Waals surface area contributed by atoms with Crippen molar-refractivity contribution in [1.82, 2.24) is 9.55 Å². The molecule has 2 N–H and O–H groups in total. The summed E-state index contributed by atoms with van der Waals surface area (Å²) in [6.07, 6.45) is -3.31. The van der Waals surface area contributed by atoms with Gasteiger partial charge in [0.25, 0.3) is 5.56 Å². The molecule has 5 unspecified atom stereocenters. The molecule has 5 atom stereocenters. The second-order valence-corrected chi connectivity index (χ2v) is 6.95. The van der Waals surface area contributed by atoms with Gasteiger partial charge in [-0.1, -0.05) is 18.2 Å². The Hall–Kier alpha value is -2.39. The van der Waals surface area contributed by atoms with E-state index in [1.807, 2.05) is 4.98 Å². The molecule has 1 aromatic carbocycles. The summed E-state index contributed by atoms with van der Waals surface area (Å²) in [5, 5.41) is 10.2. The number of aromatic amines is 1. The van der Waals surface area contributed by atoms with Crippen molar-refractivity contribution in [2.24, 2.45) is 0 Å². The Morgan fingerprint density at radius 3 is 2.70 bits per heavy atom. The maximum absolute atomic E-state index is 15.0. The van der Waals surface area contributed by atoms with Crippen LogP contribution in [0, 0.1) is 0 Å². The van der Waals surface area contributed by atoms with Crippen molar-refractivity contribution >= 4 is 8.25 Å². The second kappa shape index (κ2) is 7.69. The number of ether oxygens (including phenoxy) is 1. The summed E-state index contributed by atoms with van der Waals surface area (Å²) in [6, 6.07) is 9.31. The minimum Gasteiger partial charge on any atom is -0.387 e. The minimum absolute atomic E-state index is 0.319. The summed E-state index contributed by atoms with van der Waals surface area (Å²) in [6.45, 7) is 0.623. The summed E-state index contributed by atoms with van der Waals surface area (Å²) >= 11 is 0. The molecule has 0 aliphatic carbocycles. The number of benzene rings is 1. The maximum Gasteiger partial charge on any atom is 0.750 e. The molecular formula is C16H17FN2O7P+. The van der Waals surface area contributed by atoms with E-state index in [2.05, 4.69) is 0 Å². The first-order chi connectivity index (χ1) is 12.8. The molecule has 144 valence electrons. The number of halogens is 1. The van der Waals surface area contributed by atoms with Gasteiger partial charge in [0.1, 0.15) is 18.8 Å². The number of rotatable bonds is 6. The third kappa shape index (κ3) is 4.14. The molecule has 0 saturated carbocycles. The summed E-state index contributed by atoms with van der Waals surface area (Å²) in [4.78, 5) is 25.0. The summed E-state index contributed by atoms with van der Waals surface area (Å²) in [5.41, 5.74) is -3.89. The number of nitrogens with one attached hydrogen (secondary N) is 1. The fourth-order valence-electron chi connectivity index (χ4n) is 2.69. The lowest BCUT2D eigenvalue weighted by molar-refractivity contribution is -0.0586. The lowest BCUT2D eigenvalue weighted by Gasteiger charge is -2.24. The average molecular weight is 399 g/mol. The van der Waals surface area contributed by atoms with E-state index in [1.54, 1.807) is 30.3 Å². The quantitative estimate of drug-likeness (QED) is 0.702. The number of nitrogens with zero attached hydrogens (tertiary/aromatic N) is 1. The number of alkyl halides is 1. The van der Waals surface area contributed by atoms with Crippen LogP contribution in [0.15, 0.2) is 52.2 Å². The van der Waals surface area contributed by atoms with E-state index >= 15 is 0 Å².